The number of fused-ring (bicyclic) bond motifs is 1. The molecular formula is C18H15ClFN3O. The van der Waals surface area contributed by atoms with Crippen molar-refractivity contribution in [1.82, 2.24) is 14.9 Å². The number of halogens is 2. The molecule has 0 radical (unpaired) electrons. The topological polar surface area (TPSA) is 49.0 Å². The number of aryl methyl sites for hydroxylation is 1. The second-order valence-electron chi connectivity index (χ2n) is 6.15. The first-order chi connectivity index (χ1) is 11.5. The van der Waals surface area contributed by atoms with Gasteiger partial charge in [-0.05, 0) is 36.8 Å². The number of carbonyl (C=O) groups is 1. The molecular weight excluding hydrogens is 329 g/mol. The number of amides is 1. The normalized spacial score (nSPS) is 14.9. The summed E-state index contributed by atoms with van der Waals surface area (Å²) in [7, 11) is 0. The Morgan fingerprint density at radius 2 is 2.12 bits per heavy atom. The van der Waals surface area contributed by atoms with E-state index in [2.05, 4.69) is 9.97 Å². The van der Waals surface area contributed by atoms with Crippen molar-refractivity contribution in [1.29, 1.82) is 0 Å². The third kappa shape index (κ3) is 2.45. The van der Waals surface area contributed by atoms with E-state index in [0.717, 1.165) is 22.4 Å². The number of nitrogens with one attached hydrogen (secondary N) is 1. The molecule has 4 rings (SSSR count). The maximum absolute atomic E-state index is 13.9. The van der Waals surface area contributed by atoms with Crippen molar-refractivity contribution in [2.24, 2.45) is 0 Å². The van der Waals surface area contributed by atoms with Crippen LogP contribution in [-0.4, -0.2) is 33.9 Å². The maximum Gasteiger partial charge on any atom is 0.258 e. The summed E-state index contributed by atoms with van der Waals surface area (Å²) < 4.78 is 13.9. The van der Waals surface area contributed by atoms with E-state index in [-0.39, 0.29) is 22.4 Å². The van der Waals surface area contributed by atoms with E-state index in [1.165, 1.54) is 18.2 Å². The number of aromatic amines is 1. The average molecular weight is 344 g/mol. The van der Waals surface area contributed by atoms with Crippen molar-refractivity contribution in [3.63, 3.8) is 0 Å². The molecule has 3 aromatic rings. The largest absolute Gasteiger partial charge is 0.342 e. The molecule has 1 N–H and O–H groups in total. The number of carbonyl (C=O) groups excluding carboxylic acids is 1. The number of H-pyrrole nitrogens is 1. The fourth-order valence-electron chi connectivity index (χ4n) is 3.01. The molecule has 24 heavy (non-hydrogen) atoms. The van der Waals surface area contributed by atoms with Gasteiger partial charge in [-0.25, -0.2) is 9.37 Å². The van der Waals surface area contributed by atoms with Crippen molar-refractivity contribution in [3.05, 3.63) is 64.2 Å². The van der Waals surface area contributed by atoms with Crippen molar-refractivity contribution < 1.29 is 9.18 Å². The summed E-state index contributed by atoms with van der Waals surface area (Å²) in [5.41, 5.74) is 3.01. The fraction of sp³-hybridized carbons (Fsp3) is 0.222. The van der Waals surface area contributed by atoms with Gasteiger partial charge in [0.25, 0.3) is 5.91 Å². The average Bonchev–Trinajstić information content (AvgIpc) is 2.88. The summed E-state index contributed by atoms with van der Waals surface area (Å²) in [5.74, 6) is 0.0305. The van der Waals surface area contributed by atoms with E-state index in [0.29, 0.717) is 13.1 Å². The Morgan fingerprint density at radius 3 is 2.88 bits per heavy atom. The van der Waals surface area contributed by atoms with Gasteiger partial charge in [0.05, 0.1) is 27.5 Å². The van der Waals surface area contributed by atoms with Gasteiger partial charge in [-0.2, -0.15) is 0 Å². The van der Waals surface area contributed by atoms with Crippen LogP contribution < -0.4 is 0 Å². The molecule has 122 valence electrons. The Morgan fingerprint density at radius 1 is 1.33 bits per heavy atom. The zero-order valence-corrected chi connectivity index (χ0v) is 13.8. The highest BCUT2D eigenvalue weighted by atomic mass is 35.5. The van der Waals surface area contributed by atoms with Gasteiger partial charge in [-0.15, -0.1) is 0 Å². The molecule has 0 atom stereocenters. The lowest BCUT2D eigenvalue weighted by atomic mass is 9.98. The minimum absolute atomic E-state index is 0.0575. The van der Waals surface area contributed by atoms with Gasteiger partial charge in [0.2, 0.25) is 0 Å². The van der Waals surface area contributed by atoms with E-state index in [1.807, 2.05) is 25.1 Å². The summed E-state index contributed by atoms with van der Waals surface area (Å²) in [6.45, 7) is 3.03. The molecule has 6 heteroatoms. The van der Waals surface area contributed by atoms with Gasteiger partial charge in [-0.3, -0.25) is 4.79 Å². The van der Waals surface area contributed by atoms with Gasteiger partial charge in [0.1, 0.15) is 11.6 Å². The first kappa shape index (κ1) is 15.1. The number of nitrogens with zero attached hydrogens (tertiary/aromatic N) is 2. The molecule has 0 saturated carbocycles. The molecule has 1 aliphatic rings. The highest BCUT2D eigenvalue weighted by Crippen LogP contribution is 2.30. The van der Waals surface area contributed by atoms with Crippen LogP contribution in [0.2, 0.25) is 5.02 Å². The molecule has 1 fully saturated rings. The molecule has 2 heterocycles. The van der Waals surface area contributed by atoms with Crippen molar-refractivity contribution in [2.75, 3.05) is 13.1 Å². The van der Waals surface area contributed by atoms with Crippen LogP contribution in [0.15, 0.2) is 36.4 Å². The molecule has 1 aromatic heterocycles. The minimum atomic E-state index is -0.588. The first-order valence-corrected chi connectivity index (χ1v) is 8.10. The van der Waals surface area contributed by atoms with E-state index in [1.54, 1.807) is 4.90 Å². The second-order valence-corrected chi connectivity index (χ2v) is 6.55. The minimum Gasteiger partial charge on any atom is -0.342 e. The number of imidazole rings is 1. The SMILES string of the molecule is Cc1ccc2nc(C3CN(C(=O)c4c(F)cccc4Cl)C3)[nH]c2c1. The molecule has 0 spiro atoms. The smallest absolute Gasteiger partial charge is 0.258 e. The fourth-order valence-corrected chi connectivity index (χ4v) is 3.26. The molecule has 1 saturated heterocycles. The van der Waals surface area contributed by atoms with Gasteiger partial charge in [-0.1, -0.05) is 23.7 Å². The van der Waals surface area contributed by atoms with E-state index in [9.17, 15) is 9.18 Å². The summed E-state index contributed by atoms with van der Waals surface area (Å²) >= 11 is 5.97. The van der Waals surface area contributed by atoms with E-state index in [4.69, 9.17) is 11.6 Å². The quantitative estimate of drug-likeness (QED) is 0.767. The van der Waals surface area contributed by atoms with Gasteiger partial charge in [0, 0.05) is 13.1 Å². The molecule has 1 aliphatic heterocycles. The lowest BCUT2D eigenvalue weighted by Crippen LogP contribution is -2.49. The number of benzene rings is 2. The number of likely N-dealkylation sites (tertiary alicyclic amines) is 1. The molecule has 1 amide bonds. The van der Waals surface area contributed by atoms with Crippen LogP contribution in [0.25, 0.3) is 11.0 Å². The highest BCUT2D eigenvalue weighted by molar-refractivity contribution is 6.33. The third-order valence-electron chi connectivity index (χ3n) is 4.39. The van der Waals surface area contributed by atoms with Crippen molar-refractivity contribution in [3.8, 4) is 0 Å². The Labute approximate surface area is 143 Å². The summed E-state index contributed by atoms with van der Waals surface area (Å²) in [4.78, 5) is 21.9. The monoisotopic (exact) mass is 343 g/mol. The third-order valence-corrected chi connectivity index (χ3v) is 4.70. The lowest BCUT2D eigenvalue weighted by Gasteiger charge is -2.38. The Balaban J connectivity index is 1.52. The predicted molar refractivity (Wildman–Crippen MR) is 90.9 cm³/mol. The standard InChI is InChI=1S/C18H15ClFN3O/c1-10-5-6-14-15(7-10)22-17(21-14)11-8-23(9-11)18(24)16-12(19)3-2-4-13(16)20/h2-7,11H,8-9H2,1H3,(H,21,22). The van der Waals surface area contributed by atoms with Crippen molar-refractivity contribution >= 4 is 28.5 Å². The first-order valence-electron chi connectivity index (χ1n) is 7.72. The second kappa shape index (κ2) is 5.60. The van der Waals surface area contributed by atoms with E-state index >= 15 is 0 Å². The highest BCUT2D eigenvalue weighted by Gasteiger charge is 2.35. The molecule has 2 aromatic carbocycles. The molecule has 0 aliphatic carbocycles. The van der Waals surface area contributed by atoms with E-state index < -0.39 is 5.82 Å². The van der Waals surface area contributed by atoms with Crippen LogP contribution in [0.5, 0.6) is 0 Å². The molecule has 4 nitrogen and oxygen atoms in total. The lowest BCUT2D eigenvalue weighted by molar-refractivity contribution is 0.0591. The zero-order valence-electron chi connectivity index (χ0n) is 13.0. The van der Waals surface area contributed by atoms with Gasteiger partial charge >= 0.3 is 0 Å². The van der Waals surface area contributed by atoms with Crippen molar-refractivity contribution in [2.45, 2.75) is 12.8 Å². The Bertz CT molecular complexity index is 926. The predicted octanol–water partition coefficient (Wildman–Crippen LogP) is 3.90. The number of hydrogen-bond acceptors (Lipinski definition) is 2. The van der Waals surface area contributed by atoms with Crippen LogP contribution in [-0.2, 0) is 0 Å². The van der Waals surface area contributed by atoms with Crippen LogP contribution in [0.3, 0.4) is 0 Å². The van der Waals surface area contributed by atoms with Crippen LogP contribution in [0.1, 0.15) is 27.7 Å². The Kier molecular flexibility index (Phi) is 3.53. The number of rotatable bonds is 2. The number of hydrogen-bond donors (Lipinski definition) is 1. The number of aromatic nitrogens is 2. The van der Waals surface area contributed by atoms with Gasteiger partial charge < -0.3 is 9.88 Å². The summed E-state index contributed by atoms with van der Waals surface area (Å²) in [5, 5.41) is 0.141. The summed E-state index contributed by atoms with van der Waals surface area (Å²) in [6, 6.07) is 10.3. The zero-order chi connectivity index (χ0) is 16.8. The van der Waals surface area contributed by atoms with Gasteiger partial charge in [0.15, 0.2) is 0 Å². The van der Waals surface area contributed by atoms with Crippen LogP contribution in [0, 0.1) is 12.7 Å². The summed E-state index contributed by atoms with van der Waals surface area (Å²) in [6.07, 6.45) is 0. The maximum atomic E-state index is 13.9. The molecule has 0 bridgehead atoms. The van der Waals surface area contributed by atoms with Crippen LogP contribution >= 0.6 is 11.6 Å². The Hall–Kier alpha value is -2.40. The van der Waals surface area contributed by atoms with Crippen LogP contribution in [0.4, 0.5) is 4.39 Å². The molecule has 0 unspecified atom stereocenters.